The number of carbonyl (C=O) groups is 2. The molecule has 3 rings (SSSR count). The largest absolute Gasteiger partial charge is 0.322 e. The highest BCUT2D eigenvalue weighted by molar-refractivity contribution is 6.42. The third-order valence-electron chi connectivity index (χ3n) is 5.12. The van der Waals surface area contributed by atoms with Crippen LogP contribution in [0.4, 0.5) is 16.3 Å². The van der Waals surface area contributed by atoms with Gasteiger partial charge < -0.3 is 15.5 Å². The zero-order valence-electron chi connectivity index (χ0n) is 19.9. The third-order valence-corrected chi connectivity index (χ3v) is 5.86. The van der Waals surface area contributed by atoms with E-state index in [1.165, 1.54) is 4.90 Å². The van der Waals surface area contributed by atoms with Gasteiger partial charge in [-0.25, -0.2) is 9.48 Å². The highest BCUT2D eigenvalue weighted by Crippen LogP contribution is 2.29. The van der Waals surface area contributed by atoms with E-state index < -0.39 is 0 Å². The fraction of sp³-hybridized carbons (Fsp3) is 0.320. The molecule has 0 aliphatic carbocycles. The predicted molar refractivity (Wildman–Crippen MR) is 138 cm³/mol. The molecule has 0 saturated heterocycles. The molecule has 180 valence electrons. The Balaban J connectivity index is 1.84. The van der Waals surface area contributed by atoms with Crippen molar-refractivity contribution < 1.29 is 9.59 Å². The van der Waals surface area contributed by atoms with Gasteiger partial charge in [0.25, 0.3) is 0 Å². The molecule has 0 bridgehead atoms. The summed E-state index contributed by atoms with van der Waals surface area (Å²) in [6.07, 6.45) is 0. The van der Waals surface area contributed by atoms with Crippen LogP contribution in [0.3, 0.4) is 0 Å². The topological polar surface area (TPSA) is 79.3 Å². The second kappa shape index (κ2) is 10.5. The van der Waals surface area contributed by atoms with Gasteiger partial charge in [-0.2, -0.15) is 5.10 Å². The molecule has 2 aromatic carbocycles. The fourth-order valence-electron chi connectivity index (χ4n) is 3.19. The average Bonchev–Trinajstić information content (AvgIpc) is 3.18. The highest BCUT2D eigenvalue weighted by Gasteiger charge is 2.24. The van der Waals surface area contributed by atoms with Crippen LogP contribution in [0.5, 0.6) is 0 Å². The molecule has 3 aromatic rings. The second-order valence-corrected chi connectivity index (χ2v) is 10.1. The van der Waals surface area contributed by atoms with Crippen LogP contribution in [-0.2, 0) is 10.2 Å². The molecule has 1 aromatic heterocycles. The van der Waals surface area contributed by atoms with E-state index in [4.69, 9.17) is 23.2 Å². The lowest BCUT2D eigenvalue weighted by atomic mass is 9.92. The molecule has 7 nitrogen and oxygen atoms in total. The third kappa shape index (κ3) is 6.30. The van der Waals surface area contributed by atoms with Gasteiger partial charge in [0.2, 0.25) is 5.91 Å². The molecular weight excluding hydrogens is 473 g/mol. The first-order valence-corrected chi connectivity index (χ1v) is 11.7. The van der Waals surface area contributed by atoms with E-state index >= 15 is 0 Å². The molecular formula is C25H29Cl2N5O2. The maximum Gasteiger partial charge on any atom is 0.322 e. The number of aromatic nitrogens is 2. The first kappa shape index (κ1) is 25.6. The second-order valence-electron chi connectivity index (χ2n) is 9.24. The van der Waals surface area contributed by atoms with Crippen molar-refractivity contribution in [3.05, 3.63) is 70.3 Å². The summed E-state index contributed by atoms with van der Waals surface area (Å²) in [7, 11) is 0. The van der Waals surface area contributed by atoms with E-state index in [0.717, 1.165) is 5.69 Å². The molecule has 0 fully saturated rings. The summed E-state index contributed by atoms with van der Waals surface area (Å²) < 4.78 is 1.62. The van der Waals surface area contributed by atoms with Crippen LogP contribution in [0, 0.1) is 0 Å². The van der Waals surface area contributed by atoms with Crippen molar-refractivity contribution in [1.82, 2.24) is 14.7 Å². The van der Waals surface area contributed by atoms with E-state index in [1.54, 1.807) is 35.0 Å². The predicted octanol–water partition coefficient (Wildman–Crippen LogP) is 6.36. The van der Waals surface area contributed by atoms with Gasteiger partial charge in [-0.05, 0) is 44.2 Å². The van der Waals surface area contributed by atoms with Crippen LogP contribution < -0.4 is 10.6 Å². The summed E-state index contributed by atoms with van der Waals surface area (Å²) in [5.74, 6) is 0.124. The molecule has 0 aliphatic heterocycles. The molecule has 0 aliphatic rings. The smallest absolute Gasteiger partial charge is 0.313 e. The van der Waals surface area contributed by atoms with Crippen molar-refractivity contribution >= 4 is 46.6 Å². The Hall–Kier alpha value is -3.03. The molecule has 0 spiro atoms. The number of amides is 3. The summed E-state index contributed by atoms with van der Waals surface area (Å²) in [4.78, 5) is 27.3. The monoisotopic (exact) mass is 501 g/mol. The fourth-order valence-corrected chi connectivity index (χ4v) is 3.49. The van der Waals surface area contributed by atoms with Gasteiger partial charge in [-0.1, -0.05) is 62.2 Å². The maximum absolute atomic E-state index is 13.0. The van der Waals surface area contributed by atoms with Gasteiger partial charge in [-0.3, -0.25) is 4.79 Å². The van der Waals surface area contributed by atoms with Gasteiger partial charge in [0, 0.05) is 23.2 Å². The van der Waals surface area contributed by atoms with E-state index in [0.29, 0.717) is 27.2 Å². The molecule has 34 heavy (non-hydrogen) atoms. The molecule has 0 unspecified atom stereocenters. The Morgan fingerprint density at radius 2 is 1.68 bits per heavy atom. The number of hydrogen-bond donors (Lipinski definition) is 2. The number of urea groups is 1. The zero-order chi connectivity index (χ0) is 25.0. The van der Waals surface area contributed by atoms with E-state index in [9.17, 15) is 9.59 Å². The van der Waals surface area contributed by atoms with Gasteiger partial charge in [-0.15, -0.1) is 0 Å². The van der Waals surface area contributed by atoms with Crippen molar-refractivity contribution in [1.29, 1.82) is 0 Å². The molecule has 1 heterocycles. The van der Waals surface area contributed by atoms with E-state index in [2.05, 4.69) is 15.7 Å². The van der Waals surface area contributed by atoms with Crippen LogP contribution in [-0.4, -0.2) is 39.2 Å². The van der Waals surface area contributed by atoms with E-state index in [-0.39, 0.29) is 29.9 Å². The van der Waals surface area contributed by atoms with Crippen LogP contribution >= 0.6 is 23.2 Å². The highest BCUT2D eigenvalue weighted by atomic mass is 35.5. The lowest BCUT2D eigenvalue weighted by molar-refractivity contribution is -0.117. The van der Waals surface area contributed by atoms with Gasteiger partial charge >= 0.3 is 6.03 Å². The number of carbonyl (C=O) groups excluding carboxylic acids is 2. The molecule has 3 amide bonds. The van der Waals surface area contributed by atoms with Crippen molar-refractivity contribution in [2.75, 3.05) is 17.2 Å². The Labute approximate surface area is 210 Å². The summed E-state index contributed by atoms with van der Waals surface area (Å²) in [6.45, 7) is 9.69. The van der Waals surface area contributed by atoms with Crippen molar-refractivity contribution in [3.8, 4) is 5.69 Å². The molecule has 9 heteroatoms. The Morgan fingerprint density at radius 3 is 2.26 bits per heavy atom. The lowest BCUT2D eigenvalue weighted by Crippen LogP contribution is -2.44. The first-order valence-electron chi connectivity index (χ1n) is 10.9. The number of rotatable bonds is 6. The summed E-state index contributed by atoms with van der Waals surface area (Å²) in [6, 6.07) is 15.5. The number of nitrogens with one attached hydrogen (secondary N) is 2. The minimum atomic E-state index is -0.357. The number of para-hydroxylation sites is 1. The van der Waals surface area contributed by atoms with Crippen LogP contribution in [0.15, 0.2) is 54.6 Å². The number of anilines is 2. The van der Waals surface area contributed by atoms with Crippen LogP contribution in [0.1, 0.15) is 40.3 Å². The SMILES string of the molecule is CC(C)N(CC(=O)Nc1cc(C(C)(C)C)nn1-c1ccc(Cl)c(Cl)c1)C(=O)Nc1ccccc1. The number of nitrogens with zero attached hydrogens (tertiary/aromatic N) is 3. The molecule has 0 atom stereocenters. The Kier molecular flexibility index (Phi) is 7.89. The molecule has 0 radical (unpaired) electrons. The average molecular weight is 502 g/mol. The minimum Gasteiger partial charge on any atom is -0.313 e. The van der Waals surface area contributed by atoms with Crippen molar-refractivity contribution in [2.24, 2.45) is 0 Å². The van der Waals surface area contributed by atoms with Crippen molar-refractivity contribution in [3.63, 3.8) is 0 Å². The van der Waals surface area contributed by atoms with Gasteiger partial charge in [0.15, 0.2) is 0 Å². The van der Waals surface area contributed by atoms with E-state index in [1.807, 2.05) is 58.9 Å². The zero-order valence-corrected chi connectivity index (χ0v) is 21.4. The number of hydrogen-bond acceptors (Lipinski definition) is 3. The van der Waals surface area contributed by atoms with Crippen molar-refractivity contribution in [2.45, 2.75) is 46.1 Å². The first-order chi connectivity index (χ1) is 16.0. The standard InChI is InChI=1S/C25H29Cl2N5O2/c1-16(2)31(24(34)28-17-9-7-6-8-10-17)15-23(33)29-22-14-21(25(3,4)5)30-32(22)18-11-12-19(26)20(27)13-18/h6-14,16H,15H2,1-5H3,(H,28,34)(H,29,33). The van der Waals surface area contributed by atoms with Crippen LogP contribution in [0.25, 0.3) is 5.69 Å². The molecule has 0 saturated carbocycles. The lowest BCUT2D eigenvalue weighted by Gasteiger charge is -2.26. The number of halogens is 2. The maximum atomic E-state index is 13.0. The quantitative estimate of drug-likeness (QED) is 0.412. The van der Waals surface area contributed by atoms with Crippen LogP contribution in [0.2, 0.25) is 10.0 Å². The Morgan fingerprint density at radius 1 is 1.00 bits per heavy atom. The van der Waals surface area contributed by atoms with Gasteiger partial charge in [0.05, 0.1) is 21.4 Å². The summed E-state index contributed by atoms with van der Waals surface area (Å²) in [5.41, 5.74) is 1.85. The minimum absolute atomic E-state index is 0.131. The normalized spacial score (nSPS) is 11.4. The summed E-state index contributed by atoms with van der Waals surface area (Å²) in [5, 5.41) is 11.2. The summed E-state index contributed by atoms with van der Waals surface area (Å²) >= 11 is 12.3. The van der Waals surface area contributed by atoms with Gasteiger partial charge in [0.1, 0.15) is 12.4 Å². The number of benzene rings is 2. The Bertz CT molecular complexity index is 1170. The molecule has 2 N–H and O–H groups in total.